The molecule has 30 heavy (non-hydrogen) atoms. The zero-order valence-corrected chi connectivity index (χ0v) is 21.2. The van der Waals surface area contributed by atoms with E-state index < -0.39 is 0 Å². The van der Waals surface area contributed by atoms with Gasteiger partial charge in [0.25, 0.3) is 0 Å². The molecule has 0 N–H and O–H groups in total. The van der Waals surface area contributed by atoms with Crippen LogP contribution in [0.1, 0.15) is 97.1 Å². The molecule has 0 saturated carbocycles. The van der Waals surface area contributed by atoms with E-state index in [4.69, 9.17) is 4.74 Å². The maximum absolute atomic E-state index is 6.17. The summed E-state index contributed by atoms with van der Waals surface area (Å²) in [5.41, 5.74) is 10.0. The third-order valence-electron chi connectivity index (χ3n) is 6.57. The number of benzene rings is 2. The summed E-state index contributed by atoms with van der Waals surface area (Å²) < 4.78 is 6.17. The summed E-state index contributed by atoms with van der Waals surface area (Å²) in [6, 6.07) is 9.68. The van der Waals surface area contributed by atoms with E-state index in [9.17, 15) is 0 Å². The first kappa shape index (κ1) is 22.9. The van der Waals surface area contributed by atoms with Gasteiger partial charge in [0.1, 0.15) is 5.75 Å². The Morgan fingerprint density at radius 3 is 1.70 bits per heavy atom. The molecular weight excluding hydrogens is 364 g/mol. The average Bonchev–Trinajstić information content (AvgIpc) is 2.97. The first-order valence-corrected chi connectivity index (χ1v) is 11.5. The molecule has 0 heterocycles. The Kier molecular flexibility index (Phi) is 5.68. The van der Waals surface area contributed by atoms with Crippen LogP contribution in [-0.4, -0.2) is 7.11 Å². The van der Waals surface area contributed by atoms with E-state index in [1.807, 2.05) is 7.11 Å². The van der Waals surface area contributed by atoms with E-state index >= 15 is 0 Å². The van der Waals surface area contributed by atoms with Crippen LogP contribution in [0, 0.1) is 5.92 Å². The van der Waals surface area contributed by atoms with Gasteiger partial charge >= 0.3 is 0 Å². The smallest absolute Gasteiger partial charge is 0.130 e. The highest BCUT2D eigenvalue weighted by Crippen LogP contribution is 2.48. The number of ether oxygens (including phenoxy) is 1. The Bertz CT molecular complexity index is 910. The summed E-state index contributed by atoms with van der Waals surface area (Å²) >= 11 is 0. The van der Waals surface area contributed by atoms with Crippen LogP contribution in [0.15, 0.2) is 24.3 Å². The zero-order chi connectivity index (χ0) is 22.6. The molecule has 0 spiro atoms. The molecule has 1 unspecified atom stereocenters. The van der Waals surface area contributed by atoms with Crippen LogP contribution >= 0.6 is 0 Å². The second kappa shape index (κ2) is 7.43. The number of methoxy groups -OCH3 is 1. The van der Waals surface area contributed by atoms with E-state index in [0.717, 1.165) is 12.2 Å². The molecule has 0 radical (unpaired) electrons. The van der Waals surface area contributed by atoms with Gasteiger partial charge in [-0.2, -0.15) is 0 Å². The van der Waals surface area contributed by atoms with Crippen molar-refractivity contribution in [3.63, 3.8) is 0 Å². The predicted octanol–water partition coefficient (Wildman–Crippen LogP) is 7.99. The summed E-state index contributed by atoms with van der Waals surface area (Å²) in [5.74, 6) is 1.76. The van der Waals surface area contributed by atoms with Crippen molar-refractivity contribution in [2.24, 2.45) is 5.92 Å². The zero-order valence-electron chi connectivity index (χ0n) is 21.2. The Morgan fingerprint density at radius 1 is 0.733 bits per heavy atom. The van der Waals surface area contributed by atoms with Gasteiger partial charge in [0.15, 0.2) is 0 Å². The van der Waals surface area contributed by atoms with Crippen molar-refractivity contribution in [1.82, 2.24) is 0 Å². The first-order chi connectivity index (χ1) is 13.6. The topological polar surface area (TPSA) is 9.23 Å². The van der Waals surface area contributed by atoms with Gasteiger partial charge in [-0.1, -0.05) is 93.5 Å². The van der Waals surface area contributed by atoms with Gasteiger partial charge in [-0.25, -0.2) is 0 Å². The van der Waals surface area contributed by atoms with Crippen LogP contribution in [0.5, 0.6) is 5.75 Å². The second-order valence-electron chi connectivity index (χ2n) is 12.5. The maximum Gasteiger partial charge on any atom is 0.130 e. The van der Waals surface area contributed by atoms with Gasteiger partial charge in [0.05, 0.1) is 7.11 Å². The molecule has 0 aliphatic heterocycles. The molecule has 1 nitrogen and oxygen atoms in total. The number of rotatable bonds is 2. The summed E-state index contributed by atoms with van der Waals surface area (Å²) in [7, 11) is 1.84. The highest BCUT2D eigenvalue weighted by molar-refractivity contribution is 5.80. The van der Waals surface area contributed by atoms with Gasteiger partial charge in [0.2, 0.25) is 0 Å². The standard InChI is InChI=1S/C29H42O/c1-18-12-19-16-24(29(8,9)10)26(30-11)25(23(19)13-18)20-14-21(27(2,3)4)17-22(15-20)28(5,6)7/h14-18H,12-13H2,1-11H3. The number of hydrogen-bond acceptors (Lipinski definition) is 1. The molecule has 1 heteroatoms. The third kappa shape index (κ3) is 4.32. The molecule has 2 aromatic carbocycles. The molecule has 0 bridgehead atoms. The van der Waals surface area contributed by atoms with Gasteiger partial charge in [0, 0.05) is 11.1 Å². The lowest BCUT2D eigenvalue weighted by atomic mass is 9.77. The highest BCUT2D eigenvalue weighted by atomic mass is 16.5. The van der Waals surface area contributed by atoms with Crippen LogP contribution in [0.2, 0.25) is 0 Å². The quantitative estimate of drug-likeness (QED) is 0.491. The fourth-order valence-electron chi connectivity index (χ4n) is 4.68. The lowest BCUT2D eigenvalue weighted by Gasteiger charge is -2.29. The van der Waals surface area contributed by atoms with Gasteiger partial charge in [-0.05, 0) is 62.8 Å². The minimum Gasteiger partial charge on any atom is -0.496 e. The summed E-state index contributed by atoms with van der Waals surface area (Å²) in [5, 5.41) is 0. The molecule has 1 atom stereocenters. The molecule has 0 fully saturated rings. The predicted molar refractivity (Wildman–Crippen MR) is 131 cm³/mol. The maximum atomic E-state index is 6.17. The van der Waals surface area contributed by atoms with Crippen molar-refractivity contribution in [3.8, 4) is 16.9 Å². The minimum atomic E-state index is 0.0371. The van der Waals surface area contributed by atoms with Crippen LogP contribution in [0.3, 0.4) is 0 Å². The fraction of sp³-hybridized carbons (Fsp3) is 0.586. The fourth-order valence-corrected chi connectivity index (χ4v) is 4.68. The van der Waals surface area contributed by atoms with E-state index in [-0.39, 0.29) is 16.2 Å². The third-order valence-corrected chi connectivity index (χ3v) is 6.57. The Hall–Kier alpha value is -1.76. The second-order valence-corrected chi connectivity index (χ2v) is 12.5. The Morgan fingerprint density at radius 2 is 1.27 bits per heavy atom. The monoisotopic (exact) mass is 406 g/mol. The van der Waals surface area contributed by atoms with E-state index in [2.05, 4.69) is 93.5 Å². The lowest BCUT2D eigenvalue weighted by Crippen LogP contribution is -2.17. The van der Waals surface area contributed by atoms with Crippen molar-refractivity contribution >= 4 is 0 Å². The van der Waals surface area contributed by atoms with Crippen LogP contribution in [0.25, 0.3) is 11.1 Å². The summed E-state index contributed by atoms with van der Waals surface area (Å²) in [6.07, 6.45) is 2.30. The average molecular weight is 407 g/mol. The SMILES string of the molecule is COc1c(C(C)(C)C)cc2c(c1-c1cc(C(C)(C)C)cc(C(C)(C)C)c1)CC(C)C2. The normalized spacial score (nSPS) is 17.2. The van der Waals surface area contributed by atoms with Gasteiger partial charge in [-0.3, -0.25) is 0 Å². The molecular formula is C29H42O. The molecule has 0 aromatic heterocycles. The molecule has 1 aliphatic rings. The van der Waals surface area contributed by atoms with Gasteiger partial charge in [-0.15, -0.1) is 0 Å². The molecule has 1 aliphatic carbocycles. The highest BCUT2D eigenvalue weighted by Gasteiger charge is 2.31. The molecule has 0 amide bonds. The van der Waals surface area contributed by atoms with E-state index in [0.29, 0.717) is 5.92 Å². The Balaban J connectivity index is 2.42. The first-order valence-electron chi connectivity index (χ1n) is 11.5. The minimum absolute atomic E-state index is 0.0371. The number of fused-ring (bicyclic) bond motifs is 1. The van der Waals surface area contributed by atoms with Crippen molar-refractivity contribution in [2.75, 3.05) is 7.11 Å². The Labute approximate surface area is 185 Å². The summed E-state index contributed by atoms with van der Waals surface area (Å²) in [4.78, 5) is 0. The van der Waals surface area contributed by atoms with Crippen molar-refractivity contribution < 1.29 is 4.74 Å². The van der Waals surface area contributed by atoms with Crippen LogP contribution in [0.4, 0.5) is 0 Å². The van der Waals surface area contributed by atoms with Gasteiger partial charge < -0.3 is 4.74 Å². The van der Waals surface area contributed by atoms with Crippen molar-refractivity contribution in [2.45, 2.75) is 98.3 Å². The van der Waals surface area contributed by atoms with E-state index in [1.165, 1.54) is 45.4 Å². The molecule has 2 aromatic rings. The van der Waals surface area contributed by atoms with Crippen LogP contribution < -0.4 is 4.74 Å². The summed E-state index contributed by atoms with van der Waals surface area (Å²) in [6.45, 7) is 23.1. The van der Waals surface area contributed by atoms with E-state index in [1.54, 1.807) is 0 Å². The number of hydrogen-bond donors (Lipinski definition) is 0. The molecule has 3 rings (SSSR count). The van der Waals surface area contributed by atoms with Crippen molar-refractivity contribution in [3.05, 3.63) is 52.1 Å². The molecule has 164 valence electrons. The van der Waals surface area contributed by atoms with Crippen molar-refractivity contribution in [1.29, 1.82) is 0 Å². The lowest BCUT2D eigenvalue weighted by molar-refractivity contribution is 0.398. The molecule has 0 saturated heterocycles. The largest absolute Gasteiger partial charge is 0.496 e. The van der Waals surface area contributed by atoms with Crippen LogP contribution in [-0.2, 0) is 29.1 Å².